The van der Waals surface area contributed by atoms with E-state index in [0.717, 1.165) is 6.07 Å². The lowest BCUT2D eigenvalue weighted by Gasteiger charge is -2.36. The zero-order valence-corrected chi connectivity index (χ0v) is 17.0. The van der Waals surface area contributed by atoms with Gasteiger partial charge in [0.1, 0.15) is 10.7 Å². The number of sulfonamides is 1. The van der Waals surface area contributed by atoms with Crippen LogP contribution >= 0.6 is 0 Å². The number of rotatable bonds is 6. The van der Waals surface area contributed by atoms with E-state index in [9.17, 15) is 27.7 Å². The number of non-ortho nitro benzene ring substituents is 1. The number of carbonyl (C=O) groups excluding carboxylic acids is 1. The largest absolute Gasteiger partial charge is 0.325 e. The normalized spacial score (nSPS) is 16.7. The number of piperazine rings is 1. The number of nitrogens with one attached hydrogen (secondary N) is 1. The summed E-state index contributed by atoms with van der Waals surface area (Å²) < 4.78 is 40.5. The number of benzene rings is 2. The smallest absolute Gasteiger partial charge is 0.269 e. The van der Waals surface area contributed by atoms with Gasteiger partial charge in [0, 0.05) is 44.0 Å². The van der Waals surface area contributed by atoms with E-state index in [0.29, 0.717) is 18.8 Å². The van der Waals surface area contributed by atoms with Crippen molar-refractivity contribution in [2.24, 2.45) is 0 Å². The van der Waals surface area contributed by atoms with E-state index in [1.807, 2.05) is 4.90 Å². The SMILES string of the molecule is CC(C(=O)Nc1ccc([N+](=O)[O-])cc1)N1CCN(S(=O)(=O)c2ccccc2F)CC1. The minimum Gasteiger partial charge on any atom is -0.325 e. The summed E-state index contributed by atoms with van der Waals surface area (Å²) in [5.74, 6) is -1.11. The van der Waals surface area contributed by atoms with Gasteiger partial charge in [-0.05, 0) is 31.2 Å². The van der Waals surface area contributed by atoms with E-state index in [1.54, 1.807) is 6.92 Å². The number of hydrogen-bond acceptors (Lipinski definition) is 6. The fraction of sp³-hybridized carbons (Fsp3) is 0.316. The molecule has 9 nitrogen and oxygen atoms in total. The molecule has 3 rings (SSSR count). The molecule has 1 saturated heterocycles. The molecule has 1 aliphatic rings. The van der Waals surface area contributed by atoms with Crippen LogP contribution in [-0.4, -0.2) is 60.7 Å². The van der Waals surface area contributed by atoms with E-state index < -0.39 is 26.8 Å². The molecule has 1 N–H and O–H groups in total. The van der Waals surface area contributed by atoms with Gasteiger partial charge in [0.2, 0.25) is 15.9 Å². The van der Waals surface area contributed by atoms with Gasteiger partial charge in [0.15, 0.2) is 0 Å². The highest BCUT2D eigenvalue weighted by atomic mass is 32.2. The van der Waals surface area contributed by atoms with Crippen LogP contribution in [-0.2, 0) is 14.8 Å². The van der Waals surface area contributed by atoms with E-state index in [2.05, 4.69) is 5.32 Å². The van der Waals surface area contributed by atoms with Gasteiger partial charge in [-0.25, -0.2) is 12.8 Å². The molecule has 1 fully saturated rings. The number of halogens is 1. The number of anilines is 1. The molecule has 0 radical (unpaired) electrons. The Labute approximate surface area is 173 Å². The predicted molar refractivity (Wildman–Crippen MR) is 108 cm³/mol. The van der Waals surface area contributed by atoms with Crippen molar-refractivity contribution in [1.82, 2.24) is 9.21 Å². The zero-order valence-electron chi connectivity index (χ0n) is 16.2. The van der Waals surface area contributed by atoms with E-state index in [4.69, 9.17) is 0 Å². The Morgan fingerprint density at radius 2 is 1.70 bits per heavy atom. The molecular weight excluding hydrogens is 415 g/mol. The van der Waals surface area contributed by atoms with Crippen molar-refractivity contribution in [1.29, 1.82) is 0 Å². The van der Waals surface area contributed by atoms with Crippen LogP contribution in [0, 0.1) is 15.9 Å². The van der Waals surface area contributed by atoms with Crippen molar-refractivity contribution < 1.29 is 22.5 Å². The monoisotopic (exact) mass is 436 g/mol. The molecule has 0 bridgehead atoms. The first-order valence-electron chi connectivity index (χ1n) is 9.24. The van der Waals surface area contributed by atoms with Crippen LogP contribution in [0.4, 0.5) is 15.8 Å². The molecule has 1 aliphatic heterocycles. The fourth-order valence-electron chi connectivity index (χ4n) is 3.20. The van der Waals surface area contributed by atoms with Gasteiger partial charge >= 0.3 is 0 Å². The average molecular weight is 436 g/mol. The Kier molecular flexibility index (Phi) is 6.44. The molecule has 1 amide bonds. The summed E-state index contributed by atoms with van der Waals surface area (Å²) in [7, 11) is -3.95. The van der Waals surface area contributed by atoms with Crippen molar-refractivity contribution in [2.45, 2.75) is 17.9 Å². The van der Waals surface area contributed by atoms with Gasteiger partial charge in [0.05, 0.1) is 11.0 Å². The lowest BCUT2D eigenvalue weighted by Crippen LogP contribution is -2.54. The summed E-state index contributed by atoms with van der Waals surface area (Å²) in [6, 6.07) is 10.2. The molecule has 1 unspecified atom stereocenters. The van der Waals surface area contributed by atoms with Crippen molar-refractivity contribution in [3.63, 3.8) is 0 Å². The highest BCUT2D eigenvalue weighted by Crippen LogP contribution is 2.21. The number of nitrogens with zero attached hydrogens (tertiary/aromatic N) is 3. The van der Waals surface area contributed by atoms with Crippen LogP contribution in [0.1, 0.15) is 6.92 Å². The zero-order chi connectivity index (χ0) is 21.9. The third-order valence-electron chi connectivity index (χ3n) is 5.00. The number of hydrogen-bond donors (Lipinski definition) is 1. The van der Waals surface area contributed by atoms with Crippen LogP contribution in [0.2, 0.25) is 0 Å². The predicted octanol–water partition coefficient (Wildman–Crippen LogP) is 2.07. The van der Waals surface area contributed by atoms with Gasteiger partial charge in [0.25, 0.3) is 5.69 Å². The first kappa shape index (κ1) is 21.8. The van der Waals surface area contributed by atoms with Gasteiger partial charge < -0.3 is 5.32 Å². The maximum absolute atomic E-state index is 13.9. The Bertz CT molecular complexity index is 1040. The summed E-state index contributed by atoms with van der Waals surface area (Å²) in [6.07, 6.45) is 0. The number of amides is 1. The molecule has 2 aromatic carbocycles. The molecule has 2 aromatic rings. The minimum atomic E-state index is -3.95. The van der Waals surface area contributed by atoms with Crippen molar-refractivity contribution in [3.05, 3.63) is 64.5 Å². The summed E-state index contributed by atoms with van der Waals surface area (Å²) in [5, 5.41) is 13.4. The summed E-state index contributed by atoms with van der Waals surface area (Å²) in [4.78, 5) is 24.2. The Morgan fingerprint density at radius 1 is 1.10 bits per heavy atom. The van der Waals surface area contributed by atoms with Crippen LogP contribution in [0.15, 0.2) is 53.4 Å². The molecule has 11 heteroatoms. The molecule has 30 heavy (non-hydrogen) atoms. The Balaban J connectivity index is 1.59. The number of nitro groups is 1. The molecule has 0 aliphatic carbocycles. The molecule has 1 atom stereocenters. The van der Waals surface area contributed by atoms with Gasteiger partial charge in [-0.2, -0.15) is 4.31 Å². The summed E-state index contributed by atoms with van der Waals surface area (Å²) in [5.41, 5.74) is 0.353. The molecule has 1 heterocycles. The maximum atomic E-state index is 13.9. The van der Waals surface area contributed by atoms with Crippen LogP contribution in [0.3, 0.4) is 0 Å². The standard InChI is InChI=1S/C19H21FN4O5S/c1-14(19(25)21-15-6-8-16(9-7-15)24(26)27)22-10-12-23(13-11-22)30(28,29)18-5-3-2-4-17(18)20/h2-9,14H,10-13H2,1H3,(H,21,25). The third-order valence-corrected chi connectivity index (χ3v) is 6.93. The van der Waals surface area contributed by atoms with Crippen LogP contribution in [0.5, 0.6) is 0 Å². The molecule has 160 valence electrons. The topological polar surface area (TPSA) is 113 Å². The molecular formula is C19H21FN4O5S. The summed E-state index contributed by atoms with van der Waals surface area (Å²) >= 11 is 0. The molecule has 0 aromatic heterocycles. The Hall–Kier alpha value is -2.89. The second-order valence-electron chi connectivity index (χ2n) is 6.84. The highest BCUT2D eigenvalue weighted by Gasteiger charge is 2.33. The lowest BCUT2D eigenvalue weighted by molar-refractivity contribution is -0.384. The Morgan fingerprint density at radius 3 is 2.27 bits per heavy atom. The third kappa shape index (κ3) is 4.64. The fourth-order valence-corrected chi connectivity index (χ4v) is 4.69. The number of nitro benzene ring substituents is 1. The first-order chi connectivity index (χ1) is 14.2. The van der Waals surface area contributed by atoms with Crippen molar-refractivity contribution >= 4 is 27.3 Å². The average Bonchev–Trinajstić information content (AvgIpc) is 2.74. The highest BCUT2D eigenvalue weighted by molar-refractivity contribution is 7.89. The lowest BCUT2D eigenvalue weighted by atomic mass is 10.2. The first-order valence-corrected chi connectivity index (χ1v) is 10.7. The van der Waals surface area contributed by atoms with Crippen molar-refractivity contribution in [3.8, 4) is 0 Å². The van der Waals surface area contributed by atoms with Crippen molar-refractivity contribution in [2.75, 3.05) is 31.5 Å². The number of carbonyl (C=O) groups is 1. The van der Waals surface area contributed by atoms with Crippen LogP contribution < -0.4 is 5.32 Å². The second-order valence-corrected chi connectivity index (χ2v) is 8.75. The quantitative estimate of drug-likeness (QED) is 0.548. The minimum absolute atomic E-state index is 0.0757. The van der Waals surface area contributed by atoms with Gasteiger partial charge in [-0.15, -0.1) is 0 Å². The maximum Gasteiger partial charge on any atom is 0.269 e. The van der Waals surface area contributed by atoms with Gasteiger partial charge in [-0.3, -0.25) is 19.8 Å². The summed E-state index contributed by atoms with van der Waals surface area (Å²) in [6.45, 7) is 2.57. The van der Waals surface area contributed by atoms with E-state index >= 15 is 0 Å². The van der Waals surface area contributed by atoms with Gasteiger partial charge in [-0.1, -0.05) is 12.1 Å². The second kappa shape index (κ2) is 8.86. The van der Waals surface area contributed by atoms with E-state index in [-0.39, 0.29) is 29.6 Å². The van der Waals surface area contributed by atoms with Crippen LogP contribution in [0.25, 0.3) is 0 Å². The molecule has 0 saturated carbocycles. The van der Waals surface area contributed by atoms with E-state index in [1.165, 1.54) is 46.8 Å². The molecule has 0 spiro atoms.